The van der Waals surface area contributed by atoms with Crippen LogP contribution in [0.1, 0.15) is 24.8 Å². The molecule has 1 aliphatic heterocycles. The molecule has 1 atom stereocenters. The summed E-state index contributed by atoms with van der Waals surface area (Å²) in [5.41, 5.74) is 5.80. The van der Waals surface area contributed by atoms with Crippen LogP contribution < -0.4 is 5.73 Å². The molecule has 0 unspecified atom stereocenters. The van der Waals surface area contributed by atoms with Crippen LogP contribution in [0.5, 0.6) is 0 Å². The number of benzene rings is 1. The number of hydrogen-bond acceptors (Lipinski definition) is 4. The van der Waals surface area contributed by atoms with Crippen molar-refractivity contribution in [2.24, 2.45) is 5.73 Å². The minimum absolute atomic E-state index is 0.394. The molecule has 2 N–H and O–H groups in total. The van der Waals surface area contributed by atoms with Crippen LogP contribution in [0.25, 0.3) is 6.08 Å². The van der Waals surface area contributed by atoms with E-state index in [1.165, 1.54) is 11.0 Å². The molecule has 0 aromatic heterocycles. The SMILES string of the molecule is NC(=O)[C@@H]1CCCCN1C(=O)COC(=O)/C=C/c1c(Cl)cccc1Cl. The van der Waals surface area contributed by atoms with Gasteiger partial charge in [0.2, 0.25) is 5.91 Å². The van der Waals surface area contributed by atoms with Crippen LogP contribution in [0.15, 0.2) is 24.3 Å². The standard InChI is InChI=1S/C17H18Cl2N2O4/c18-12-4-3-5-13(19)11(12)7-8-16(23)25-10-15(22)21-9-2-1-6-14(21)17(20)24/h3-5,7-8,14H,1-2,6,9-10H2,(H2,20,24)/b8-7+/t14-/m0/s1. The van der Waals surface area contributed by atoms with Crippen LogP contribution in [-0.2, 0) is 19.1 Å². The van der Waals surface area contributed by atoms with E-state index in [1.807, 2.05) is 0 Å². The van der Waals surface area contributed by atoms with Crippen LogP contribution in [0, 0.1) is 0 Å². The van der Waals surface area contributed by atoms with E-state index in [4.69, 9.17) is 33.7 Å². The fourth-order valence-electron chi connectivity index (χ4n) is 2.61. The fourth-order valence-corrected chi connectivity index (χ4v) is 3.13. The molecule has 25 heavy (non-hydrogen) atoms. The fraction of sp³-hybridized carbons (Fsp3) is 0.353. The number of piperidine rings is 1. The van der Waals surface area contributed by atoms with Crippen molar-refractivity contribution >= 4 is 47.1 Å². The Morgan fingerprint density at radius 1 is 1.24 bits per heavy atom. The second-order valence-electron chi connectivity index (χ2n) is 5.58. The average Bonchev–Trinajstić information content (AvgIpc) is 2.59. The van der Waals surface area contributed by atoms with Crippen LogP contribution in [0.3, 0.4) is 0 Å². The topological polar surface area (TPSA) is 89.7 Å². The predicted molar refractivity (Wildman–Crippen MR) is 95.0 cm³/mol. The molecular formula is C17H18Cl2N2O4. The number of halogens is 2. The highest BCUT2D eigenvalue weighted by Crippen LogP contribution is 2.25. The van der Waals surface area contributed by atoms with Crippen LogP contribution in [0.2, 0.25) is 10.0 Å². The first kappa shape index (κ1) is 19.3. The van der Waals surface area contributed by atoms with Crippen LogP contribution >= 0.6 is 23.2 Å². The number of rotatable bonds is 5. The Kier molecular flexibility index (Phi) is 6.84. The highest BCUT2D eigenvalue weighted by Gasteiger charge is 2.30. The predicted octanol–water partition coefficient (Wildman–Crippen LogP) is 2.42. The van der Waals surface area contributed by atoms with Gasteiger partial charge in [0, 0.05) is 28.2 Å². The molecule has 0 bridgehead atoms. The number of carbonyl (C=O) groups is 3. The zero-order valence-corrected chi connectivity index (χ0v) is 14.9. The van der Waals surface area contributed by atoms with Gasteiger partial charge in [0.25, 0.3) is 5.91 Å². The Hall–Kier alpha value is -2.05. The van der Waals surface area contributed by atoms with Crippen LogP contribution in [-0.4, -0.2) is 41.9 Å². The van der Waals surface area contributed by atoms with Gasteiger partial charge in [0.1, 0.15) is 6.04 Å². The molecule has 1 saturated heterocycles. The van der Waals surface area contributed by atoms with E-state index in [1.54, 1.807) is 18.2 Å². The lowest BCUT2D eigenvalue weighted by atomic mass is 10.0. The van der Waals surface area contributed by atoms with Crippen molar-refractivity contribution in [1.82, 2.24) is 4.90 Å². The average molecular weight is 385 g/mol. The van der Waals surface area contributed by atoms with Crippen molar-refractivity contribution in [3.8, 4) is 0 Å². The zero-order chi connectivity index (χ0) is 18.4. The second kappa shape index (κ2) is 8.87. The van der Waals surface area contributed by atoms with E-state index in [9.17, 15) is 14.4 Å². The van der Waals surface area contributed by atoms with Gasteiger partial charge < -0.3 is 15.4 Å². The van der Waals surface area contributed by atoms with Gasteiger partial charge in [0.15, 0.2) is 6.61 Å². The molecule has 6 nitrogen and oxygen atoms in total. The van der Waals surface area contributed by atoms with Gasteiger partial charge in [-0.05, 0) is 37.5 Å². The second-order valence-corrected chi connectivity index (χ2v) is 6.39. The van der Waals surface area contributed by atoms with Gasteiger partial charge in [-0.2, -0.15) is 0 Å². The molecule has 0 spiro atoms. The van der Waals surface area contributed by atoms with Crippen molar-refractivity contribution < 1.29 is 19.1 Å². The molecule has 1 heterocycles. The Bertz CT molecular complexity index is 686. The Morgan fingerprint density at radius 2 is 1.92 bits per heavy atom. The Balaban J connectivity index is 1.92. The summed E-state index contributed by atoms with van der Waals surface area (Å²) in [6.07, 6.45) is 4.71. The van der Waals surface area contributed by atoms with E-state index >= 15 is 0 Å². The van der Waals surface area contributed by atoms with Gasteiger partial charge in [-0.15, -0.1) is 0 Å². The molecular weight excluding hydrogens is 367 g/mol. The maximum atomic E-state index is 12.2. The number of esters is 1. The summed E-state index contributed by atoms with van der Waals surface area (Å²) in [7, 11) is 0. The van der Waals surface area contributed by atoms with Gasteiger partial charge >= 0.3 is 5.97 Å². The molecule has 0 aliphatic carbocycles. The lowest BCUT2D eigenvalue weighted by Crippen LogP contribution is -2.51. The maximum absolute atomic E-state index is 12.2. The third-order valence-electron chi connectivity index (χ3n) is 3.88. The molecule has 1 aromatic carbocycles. The summed E-state index contributed by atoms with van der Waals surface area (Å²) in [5, 5.41) is 0.787. The molecule has 2 amide bonds. The number of amides is 2. The normalized spacial score (nSPS) is 17.5. The van der Waals surface area contributed by atoms with E-state index in [0.29, 0.717) is 28.6 Å². The Morgan fingerprint density at radius 3 is 2.56 bits per heavy atom. The van der Waals surface area contributed by atoms with Crippen LogP contribution in [0.4, 0.5) is 0 Å². The maximum Gasteiger partial charge on any atom is 0.331 e. The number of carbonyl (C=O) groups excluding carboxylic acids is 3. The number of likely N-dealkylation sites (tertiary alicyclic amines) is 1. The largest absolute Gasteiger partial charge is 0.452 e. The minimum atomic E-state index is -0.711. The van der Waals surface area contributed by atoms with E-state index < -0.39 is 30.4 Å². The third-order valence-corrected chi connectivity index (χ3v) is 4.53. The molecule has 8 heteroatoms. The van der Waals surface area contributed by atoms with Gasteiger partial charge in [-0.25, -0.2) is 4.79 Å². The quantitative estimate of drug-likeness (QED) is 0.623. The smallest absolute Gasteiger partial charge is 0.331 e. The summed E-state index contributed by atoms with van der Waals surface area (Å²) < 4.78 is 4.93. The highest BCUT2D eigenvalue weighted by atomic mass is 35.5. The molecule has 0 saturated carbocycles. The number of primary amides is 1. The summed E-state index contributed by atoms with van der Waals surface area (Å²) in [5.74, 6) is -1.70. The lowest BCUT2D eigenvalue weighted by Gasteiger charge is -2.33. The number of ether oxygens (including phenoxy) is 1. The number of nitrogens with zero attached hydrogens (tertiary/aromatic N) is 1. The van der Waals surface area contributed by atoms with Crippen molar-refractivity contribution in [2.45, 2.75) is 25.3 Å². The van der Waals surface area contributed by atoms with Crippen molar-refractivity contribution in [2.75, 3.05) is 13.2 Å². The van der Waals surface area contributed by atoms with E-state index in [2.05, 4.69) is 0 Å². The van der Waals surface area contributed by atoms with Gasteiger partial charge in [-0.3, -0.25) is 9.59 Å². The van der Waals surface area contributed by atoms with Crippen molar-refractivity contribution in [1.29, 1.82) is 0 Å². The Labute approximate surface area is 155 Å². The lowest BCUT2D eigenvalue weighted by molar-refractivity contribution is -0.151. The molecule has 0 radical (unpaired) electrons. The summed E-state index contributed by atoms with van der Waals surface area (Å²) >= 11 is 12.0. The molecule has 2 rings (SSSR count). The summed E-state index contributed by atoms with van der Waals surface area (Å²) in [6, 6.07) is 4.33. The van der Waals surface area contributed by atoms with Gasteiger partial charge in [-0.1, -0.05) is 29.3 Å². The summed E-state index contributed by atoms with van der Waals surface area (Å²) in [4.78, 5) is 36.7. The highest BCUT2D eigenvalue weighted by molar-refractivity contribution is 6.37. The first-order valence-electron chi connectivity index (χ1n) is 7.78. The molecule has 134 valence electrons. The number of nitrogens with two attached hydrogens (primary N) is 1. The summed E-state index contributed by atoms with van der Waals surface area (Å²) in [6.45, 7) is -0.0295. The first-order valence-corrected chi connectivity index (χ1v) is 8.53. The van der Waals surface area contributed by atoms with Crippen molar-refractivity contribution in [3.05, 3.63) is 39.9 Å². The minimum Gasteiger partial charge on any atom is -0.452 e. The van der Waals surface area contributed by atoms with E-state index in [-0.39, 0.29) is 0 Å². The van der Waals surface area contributed by atoms with Gasteiger partial charge in [0.05, 0.1) is 0 Å². The molecule has 1 fully saturated rings. The third kappa shape index (κ3) is 5.21. The monoisotopic (exact) mass is 384 g/mol. The molecule has 1 aromatic rings. The van der Waals surface area contributed by atoms with Crippen molar-refractivity contribution in [3.63, 3.8) is 0 Å². The molecule has 1 aliphatic rings. The first-order chi connectivity index (χ1) is 11.9. The zero-order valence-electron chi connectivity index (χ0n) is 13.4. The number of hydrogen-bond donors (Lipinski definition) is 1. The van der Waals surface area contributed by atoms with E-state index in [0.717, 1.165) is 18.9 Å².